The summed E-state index contributed by atoms with van der Waals surface area (Å²) in [5, 5.41) is 12.7. The molecule has 1 aromatic rings. The van der Waals surface area contributed by atoms with Gasteiger partial charge in [0.2, 0.25) is 0 Å². The van der Waals surface area contributed by atoms with Crippen molar-refractivity contribution >= 4 is 21.8 Å². The molecule has 1 aliphatic carbocycles. The van der Waals surface area contributed by atoms with Gasteiger partial charge >= 0.3 is 0 Å². The summed E-state index contributed by atoms with van der Waals surface area (Å²) in [6, 6.07) is 5.30. The summed E-state index contributed by atoms with van der Waals surface area (Å²) in [5.41, 5.74) is 0.0158. The van der Waals surface area contributed by atoms with E-state index < -0.39 is 5.54 Å². The molecule has 0 unspecified atom stereocenters. The summed E-state index contributed by atoms with van der Waals surface area (Å²) in [4.78, 5) is 12.5. The van der Waals surface area contributed by atoms with Crippen LogP contribution >= 0.6 is 15.9 Å². The van der Waals surface area contributed by atoms with E-state index in [9.17, 15) is 9.90 Å². The van der Waals surface area contributed by atoms with Crippen molar-refractivity contribution in [2.75, 3.05) is 13.7 Å². The lowest BCUT2D eigenvalue weighted by Gasteiger charge is -2.36. The molecule has 1 saturated carbocycles. The number of methoxy groups -OCH3 is 1. The van der Waals surface area contributed by atoms with Crippen LogP contribution in [0.15, 0.2) is 22.7 Å². The molecule has 1 amide bonds. The van der Waals surface area contributed by atoms with Crippen molar-refractivity contribution in [3.05, 3.63) is 28.2 Å². The molecule has 1 aromatic carbocycles. The number of halogens is 1. The van der Waals surface area contributed by atoms with Crippen LogP contribution in [-0.4, -0.2) is 30.3 Å². The van der Waals surface area contributed by atoms with Gasteiger partial charge in [-0.3, -0.25) is 4.79 Å². The molecule has 1 fully saturated rings. The molecule has 0 saturated heterocycles. The van der Waals surface area contributed by atoms with E-state index in [1.807, 2.05) is 6.07 Å². The Morgan fingerprint density at radius 1 is 1.40 bits per heavy atom. The number of hydrogen-bond acceptors (Lipinski definition) is 3. The van der Waals surface area contributed by atoms with Crippen LogP contribution < -0.4 is 10.1 Å². The van der Waals surface area contributed by atoms with Crippen LogP contribution in [-0.2, 0) is 0 Å². The Kier molecular flexibility index (Phi) is 5.05. The maximum absolute atomic E-state index is 12.5. The second kappa shape index (κ2) is 6.59. The van der Waals surface area contributed by atoms with Crippen molar-refractivity contribution in [1.29, 1.82) is 0 Å². The number of carbonyl (C=O) groups excluding carboxylic acids is 1. The number of carbonyl (C=O) groups is 1. The predicted octanol–water partition coefficient (Wildman–Crippen LogP) is 2.88. The van der Waals surface area contributed by atoms with Gasteiger partial charge in [0.05, 0.1) is 24.8 Å². The van der Waals surface area contributed by atoms with E-state index in [4.69, 9.17) is 4.74 Å². The number of benzene rings is 1. The molecule has 1 aliphatic rings. The Bertz CT molecular complexity index is 484. The summed E-state index contributed by atoms with van der Waals surface area (Å²) < 4.78 is 6.11. The largest absolute Gasteiger partial charge is 0.496 e. The third kappa shape index (κ3) is 3.33. The maximum Gasteiger partial charge on any atom is 0.255 e. The van der Waals surface area contributed by atoms with Gasteiger partial charge in [-0.25, -0.2) is 0 Å². The molecule has 0 aromatic heterocycles. The van der Waals surface area contributed by atoms with Crippen LogP contribution in [0.25, 0.3) is 0 Å². The van der Waals surface area contributed by atoms with Crippen LogP contribution in [0, 0.1) is 0 Å². The van der Waals surface area contributed by atoms with Crippen molar-refractivity contribution in [1.82, 2.24) is 5.32 Å². The average Bonchev–Trinajstić information content (AvgIpc) is 2.47. The molecule has 0 bridgehead atoms. The Morgan fingerprint density at radius 2 is 2.10 bits per heavy atom. The van der Waals surface area contributed by atoms with Crippen molar-refractivity contribution < 1.29 is 14.6 Å². The zero-order chi connectivity index (χ0) is 14.6. The SMILES string of the molecule is COc1cc(Br)ccc1C(=O)NC1(CO)CCCCC1. The van der Waals surface area contributed by atoms with Crippen LogP contribution in [0.1, 0.15) is 42.5 Å². The fourth-order valence-corrected chi connectivity index (χ4v) is 3.05. The first-order valence-corrected chi connectivity index (χ1v) is 7.66. The highest BCUT2D eigenvalue weighted by Gasteiger charge is 2.33. The van der Waals surface area contributed by atoms with Gasteiger partial charge in [-0.1, -0.05) is 35.2 Å². The molecule has 0 spiro atoms. The van der Waals surface area contributed by atoms with Gasteiger partial charge in [-0.15, -0.1) is 0 Å². The van der Waals surface area contributed by atoms with E-state index in [1.54, 1.807) is 19.2 Å². The zero-order valence-electron chi connectivity index (χ0n) is 11.6. The molecular weight excluding hydrogens is 322 g/mol. The first-order chi connectivity index (χ1) is 9.60. The normalized spacial score (nSPS) is 17.6. The number of nitrogens with one attached hydrogen (secondary N) is 1. The number of ether oxygens (including phenoxy) is 1. The van der Waals surface area contributed by atoms with E-state index in [0.717, 1.165) is 30.2 Å². The Hall–Kier alpha value is -1.07. The van der Waals surface area contributed by atoms with Crippen LogP contribution in [0.5, 0.6) is 5.75 Å². The number of aliphatic hydroxyl groups is 1. The molecule has 2 N–H and O–H groups in total. The molecular formula is C15H20BrNO3. The molecule has 0 aliphatic heterocycles. The smallest absolute Gasteiger partial charge is 0.255 e. The quantitative estimate of drug-likeness (QED) is 0.885. The summed E-state index contributed by atoms with van der Waals surface area (Å²) in [6.07, 6.45) is 4.90. The lowest BCUT2D eigenvalue weighted by atomic mass is 9.82. The van der Waals surface area contributed by atoms with Crippen molar-refractivity contribution in [2.24, 2.45) is 0 Å². The van der Waals surface area contributed by atoms with Gasteiger partial charge in [-0.05, 0) is 31.0 Å². The fraction of sp³-hybridized carbons (Fsp3) is 0.533. The highest BCUT2D eigenvalue weighted by Crippen LogP contribution is 2.29. The zero-order valence-corrected chi connectivity index (χ0v) is 13.2. The van der Waals surface area contributed by atoms with Crippen LogP contribution in [0.3, 0.4) is 0 Å². The highest BCUT2D eigenvalue weighted by atomic mass is 79.9. The van der Waals surface area contributed by atoms with E-state index in [2.05, 4.69) is 21.2 Å². The van der Waals surface area contributed by atoms with E-state index in [0.29, 0.717) is 11.3 Å². The minimum Gasteiger partial charge on any atom is -0.496 e. The lowest BCUT2D eigenvalue weighted by Crippen LogP contribution is -2.52. The van der Waals surface area contributed by atoms with Crippen molar-refractivity contribution in [2.45, 2.75) is 37.6 Å². The standard InChI is InChI=1S/C15H20BrNO3/c1-20-13-9-11(16)5-6-12(13)14(19)17-15(10-18)7-3-2-4-8-15/h5-6,9,18H,2-4,7-8,10H2,1H3,(H,17,19). The first-order valence-electron chi connectivity index (χ1n) is 6.87. The third-order valence-corrected chi connectivity index (χ3v) is 4.39. The Labute approximate surface area is 127 Å². The summed E-state index contributed by atoms with van der Waals surface area (Å²) in [6.45, 7) is -0.0163. The minimum atomic E-state index is -0.479. The van der Waals surface area contributed by atoms with Gasteiger partial charge in [-0.2, -0.15) is 0 Å². The molecule has 110 valence electrons. The van der Waals surface area contributed by atoms with Gasteiger partial charge < -0.3 is 15.2 Å². The second-order valence-corrected chi connectivity index (χ2v) is 6.21. The third-order valence-electron chi connectivity index (χ3n) is 3.90. The van der Waals surface area contributed by atoms with E-state index in [-0.39, 0.29) is 12.5 Å². The van der Waals surface area contributed by atoms with Crippen LogP contribution in [0.4, 0.5) is 0 Å². The average molecular weight is 342 g/mol. The summed E-state index contributed by atoms with van der Waals surface area (Å²) in [5.74, 6) is 0.339. The van der Waals surface area contributed by atoms with Gasteiger partial charge in [0.1, 0.15) is 5.75 Å². The Balaban J connectivity index is 2.18. The van der Waals surface area contributed by atoms with Gasteiger partial charge in [0.15, 0.2) is 0 Å². The first kappa shape index (κ1) is 15.3. The van der Waals surface area contributed by atoms with Crippen LogP contribution in [0.2, 0.25) is 0 Å². The minimum absolute atomic E-state index is 0.0163. The van der Waals surface area contributed by atoms with E-state index >= 15 is 0 Å². The Morgan fingerprint density at radius 3 is 2.70 bits per heavy atom. The molecule has 0 atom stereocenters. The molecule has 0 heterocycles. The topological polar surface area (TPSA) is 58.6 Å². The molecule has 20 heavy (non-hydrogen) atoms. The van der Waals surface area contributed by atoms with Crippen molar-refractivity contribution in [3.63, 3.8) is 0 Å². The van der Waals surface area contributed by atoms with E-state index in [1.165, 1.54) is 6.42 Å². The fourth-order valence-electron chi connectivity index (χ4n) is 2.71. The van der Waals surface area contributed by atoms with Gasteiger partial charge in [0, 0.05) is 4.47 Å². The molecule has 5 heteroatoms. The highest BCUT2D eigenvalue weighted by molar-refractivity contribution is 9.10. The predicted molar refractivity (Wildman–Crippen MR) is 81.1 cm³/mol. The molecule has 4 nitrogen and oxygen atoms in total. The summed E-state index contributed by atoms with van der Waals surface area (Å²) >= 11 is 3.36. The number of hydrogen-bond donors (Lipinski definition) is 2. The monoisotopic (exact) mass is 341 g/mol. The molecule has 0 radical (unpaired) electrons. The lowest BCUT2D eigenvalue weighted by molar-refractivity contribution is 0.0756. The van der Waals surface area contributed by atoms with Gasteiger partial charge in [0.25, 0.3) is 5.91 Å². The van der Waals surface area contributed by atoms with Crippen molar-refractivity contribution in [3.8, 4) is 5.75 Å². The number of amides is 1. The summed E-state index contributed by atoms with van der Waals surface area (Å²) in [7, 11) is 1.54. The number of rotatable bonds is 4. The molecule has 2 rings (SSSR count). The maximum atomic E-state index is 12.5. The number of aliphatic hydroxyl groups excluding tert-OH is 1. The second-order valence-electron chi connectivity index (χ2n) is 5.30.